The summed E-state index contributed by atoms with van der Waals surface area (Å²) in [6, 6.07) is 0.456. The van der Waals surface area contributed by atoms with E-state index in [0.29, 0.717) is 17.9 Å². The molecule has 0 radical (unpaired) electrons. The Morgan fingerprint density at radius 1 is 1.17 bits per heavy atom. The summed E-state index contributed by atoms with van der Waals surface area (Å²) < 4.78 is 16.8. The van der Waals surface area contributed by atoms with Crippen LogP contribution in [0.1, 0.15) is 26.2 Å². The average molecular weight is 257 g/mol. The summed E-state index contributed by atoms with van der Waals surface area (Å²) in [6.45, 7) is 8.47. The zero-order valence-electron chi connectivity index (χ0n) is 11.5. The second-order valence-electron chi connectivity index (χ2n) is 5.38. The summed E-state index contributed by atoms with van der Waals surface area (Å²) in [5.41, 5.74) is 0. The van der Waals surface area contributed by atoms with Crippen LogP contribution < -0.4 is 5.32 Å². The number of likely N-dealkylation sites (N-methyl/N-ethyl adjacent to an activating group) is 1. The Kier molecular flexibility index (Phi) is 6.41. The monoisotopic (exact) mass is 257 g/mol. The van der Waals surface area contributed by atoms with E-state index < -0.39 is 0 Å². The molecule has 106 valence electrons. The van der Waals surface area contributed by atoms with Crippen molar-refractivity contribution in [2.45, 2.75) is 32.2 Å². The van der Waals surface area contributed by atoms with E-state index in [-0.39, 0.29) is 0 Å². The van der Waals surface area contributed by atoms with Crippen molar-refractivity contribution in [1.29, 1.82) is 0 Å². The van der Waals surface area contributed by atoms with Crippen molar-refractivity contribution < 1.29 is 14.2 Å². The average Bonchev–Trinajstić information content (AvgIpc) is 2.93. The van der Waals surface area contributed by atoms with Crippen LogP contribution in [0.3, 0.4) is 0 Å². The molecule has 2 fully saturated rings. The summed E-state index contributed by atoms with van der Waals surface area (Å²) in [6.07, 6.45) is 3.47. The minimum Gasteiger partial charge on any atom is -0.381 e. The molecular weight excluding hydrogens is 230 g/mol. The van der Waals surface area contributed by atoms with Crippen LogP contribution in [0.15, 0.2) is 0 Å². The molecule has 4 nitrogen and oxygen atoms in total. The van der Waals surface area contributed by atoms with Gasteiger partial charge in [-0.3, -0.25) is 0 Å². The molecule has 0 amide bonds. The lowest BCUT2D eigenvalue weighted by Gasteiger charge is -2.26. The Labute approximate surface area is 110 Å². The maximum Gasteiger partial charge on any atom is 0.0623 e. The van der Waals surface area contributed by atoms with Crippen molar-refractivity contribution in [2.75, 3.05) is 46.2 Å². The molecule has 0 aromatic carbocycles. The Bertz CT molecular complexity index is 213. The van der Waals surface area contributed by atoms with E-state index in [2.05, 4.69) is 12.2 Å². The standard InChI is InChI=1S/C14H27NO3/c1-2-15-14(13-5-8-17-10-13)11-18-9-12-3-6-16-7-4-12/h12-15H,2-11H2,1H3. The van der Waals surface area contributed by atoms with Gasteiger partial charge in [0.2, 0.25) is 0 Å². The number of rotatable bonds is 7. The summed E-state index contributed by atoms with van der Waals surface area (Å²) in [7, 11) is 0. The molecular formula is C14H27NO3. The first kappa shape index (κ1) is 14.3. The number of hydrogen-bond donors (Lipinski definition) is 1. The molecule has 18 heavy (non-hydrogen) atoms. The minimum absolute atomic E-state index is 0.456. The van der Waals surface area contributed by atoms with Crippen LogP contribution in [0.2, 0.25) is 0 Å². The molecule has 4 heteroatoms. The van der Waals surface area contributed by atoms with Crippen molar-refractivity contribution in [2.24, 2.45) is 11.8 Å². The first-order valence-corrected chi connectivity index (χ1v) is 7.36. The zero-order chi connectivity index (χ0) is 12.6. The van der Waals surface area contributed by atoms with E-state index in [1.165, 1.54) is 0 Å². The van der Waals surface area contributed by atoms with Gasteiger partial charge in [-0.05, 0) is 31.7 Å². The van der Waals surface area contributed by atoms with E-state index in [0.717, 1.165) is 65.4 Å². The van der Waals surface area contributed by atoms with E-state index >= 15 is 0 Å². The SMILES string of the molecule is CCNC(COCC1CCOCC1)C1CCOC1. The fraction of sp³-hybridized carbons (Fsp3) is 1.00. The lowest BCUT2D eigenvalue weighted by molar-refractivity contribution is 0.0105. The van der Waals surface area contributed by atoms with Gasteiger partial charge in [-0.15, -0.1) is 0 Å². The maximum absolute atomic E-state index is 5.93. The van der Waals surface area contributed by atoms with Crippen LogP contribution >= 0.6 is 0 Å². The molecule has 2 rings (SSSR count). The highest BCUT2D eigenvalue weighted by atomic mass is 16.5. The molecule has 2 aliphatic rings. The molecule has 2 heterocycles. The molecule has 2 saturated heterocycles. The third-order valence-corrected chi connectivity index (χ3v) is 3.99. The second-order valence-corrected chi connectivity index (χ2v) is 5.38. The van der Waals surface area contributed by atoms with Gasteiger partial charge in [0.1, 0.15) is 0 Å². The highest BCUT2D eigenvalue weighted by Gasteiger charge is 2.25. The van der Waals surface area contributed by atoms with E-state index in [9.17, 15) is 0 Å². The van der Waals surface area contributed by atoms with Gasteiger partial charge < -0.3 is 19.5 Å². The van der Waals surface area contributed by atoms with Crippen molar-refractivity contribution in [3.63, 3.8) is 0 Å². The lowest BCUT2D eigenvalue weighted by Crippen LogP contribution is -2.40. The normalized spacial score (nSPS) is 27.5. The Morgan fingerprint density at radius 2 is 1.94 bits per heavy atom. The first-order valence-electron chi connectivity index (χ1n) is 7.36. The topological polar surface area (TPSA) is 39.7 Å². The molecule has 0 spiro atoms. The number of nitrogens with one attached hydrogen (secondary N) is 1. The quantitative estimate of drug-likeness (QED) is 0.749. The van der Waals surface area contributed by atoms with Crippen molar-refractivity contribution in [3.05, 3.63) is 0 Å². The van der Waals surface area contributed by atoms with Gasteiger partial charge in [0.05, 0.1) is 13.2 Å². The van der Waals surface area contributed by atoms with Gasteiger partial charge in [0.25, 0.3) is 0 Å². The largest absolute Gasteiger partial charge is 0.381 e. The van der Waals surface area contributed by atoms with Gasteiger partial charge in [-0.1, -0.05) is 6.92 Å². The van der Waals surface area contributed by atoms with Gasteiger partial charge in [-0.25, -0.2) is 0 Å². The fourth-order valence-corrected chi connectivity index (χ4v) is 2.77. The smallest absolute Gasteiger partial charge is 0.0623 e. The summed E-state index contributed by atoms with van der Waals surface area (Å²) in [4.78, 5) is 0. The Balaban J connectivity index is 1.64. The van der Waals surface area contributed by atoms with Crippen LogP contribution in [-0.2, 0) is 14.2 Å². The summed E-state index contributed by atoms with van der Waals surface area (Å²) in [5.74, 6) is 1.32. The van der Waals surface area contributed by atoms with E-state index in [1.54, 1.807) is 0 Å². The minimum atomic E-state index is 0.456. The van der Waals surface area contributed by atoms with Crippen LogP contribution in [0, 0.1) is 11.8 Å². The molecule has 0 saturated carbocycles. The molecule has 2 aliphatic heterocycles. The lowest BCUT2D eigenvalue weighted by atomic mass is 9.99. The third-order valence-electron chi connectivity index (χ3n) is 3.99. The molecule has 0 aliphatic carbocycles. The predicted molar refractivity (Wildman–Crippen MR) is 70.8 cm³/mol. The van der Waals surface area contributed by atoms with Crippen molar-refractivity contribution >= 4 is 0 Å². The van der Waals surface area contributed by atoms with E-state index in [1.807, 2.05) is 0 Å². The van der Waals surface area contributed by atoms with Crippen LogP contribution in [0.25, 0.3) is 0 Å². The van der Waals surface area contributed by atoms with Crippen LogP contribution in [-0.4, -0.2) is 52.2 Å². The fourth-order valence-electron chi connectivity index (χ4n) is 2.77. The molecule has 0 bridgehead atoms. The Morgan fingerprint density at radius 3 is 2.61 bits per heavy atom. The van der Waals surface area contributed by atoms with Crippen molar-refractivity contribution in [3.8, 4) is 0 Å². The maximum atomic E-state index is 5.93. The van der Waals surface area contributed by atoms with Crippen LogP contribution in [0.5, 0.6) is 0 Å². The highest BCUT2D eigenvalue weighted by molar-refractivity contribution is 4.79. The third kappa shape index (κ3) is 4.50. The Hall–Kier alpha value is -0.160. The summed E-state index contributed by atoms with van der Waals surface area (Å²) >= 11 is 0. The molecule has 2 unspecified atom stereocenters. The zero-order valence-corrected chi connectivity index (χ0v) is 11.5. The van der Waals surface area contributed by atoms with Crippen molar-refractivity contribution in [1.82, 2.24) is 5.32 Å². The second kappa shape index (κ2) is 8.10. The van der Waals surface area contributed by atoms with E-state index in [4.69, 9.17) is 14.2 Å². The number of hydrogen-bond acceptors (Lipinski definition) is 4. The van der Waals surface area contributed by atoms with Gasteiger partial charge >= 0.3 is 0 Å². The molecule has 1 N–H and O–H groups in total. The molecule has 0 aromatic rings. The van der Waals surface area contributed by atoms with Gasteiger partial charge in [0.15, 0.2) is 0 Å². The highest BCUT2D eigenvalue weighted by Crippen LogP contribution is 2.19. The predicted octanol–water partition coefficient (Wildman–Crippen LogP) is 1.44. The van der Waals surface area contributed by atoms with Crippen LogP contribution in [0.4, 0.5) is 0 Å². The van der Waals surface area contributed by atoms with Gasteiger partial charge in [0, 0.05) is 38.4 Å². The summed E-state index contributed by atoms with van der Waals surface area (Å²) in [5, 5.41) is 3.53. The van der Waals surface area contributed by atoms with Gasteiger partial charge in [-0.2, -0.15) is 0 Å². The molecule has 2 atom stereocenters. The first-order chi connectivity index (χ1) is 8.90. The molecule has 0 aromatic heterocycles. The number of ether oxygens (including phenoxy) is 3.